The Morgan fingerprint density at radius 3 is 2.48 bits per heavy atom. The maximum Gasteiger partial charge on any atom is 0.233 e. The van der Waals surface area contributed by atoms with Crippen LogP contribution in [0.15, 0.2) is 65.3 Å². The lowest BCUT2D eigenvalue weighted by Gasteiger charge is -2.18. The zero-order chi connectivity index (χ0) is 20.2. The van der Waals surface area contributed by atoms with Crippen molar-refractivity contribution in [3.05, 3.63) is 72.2 Å². The first-order valence-corrected chi connectivity index (χ1v) is 9.89. The quantitative estimate of drug-likeness (QED) is 0.444. The van der Waals surface area contributed by atoms with Crippen LogP contribution in [0.3, 0.4) is 0 Å². The van der Waals surface area contributed by atoms with E-state index in [4.69, 9.17) is 18.9 Å². The van der Waals surface area contributed by atoms with Crippen LogP contribution in [0, 0.1) is 0 Å². The number of fused-ring (bicyclic) bond motifs is 1. The Balaban J connectivity index is 1.75. The van der Waals surface area contributed by atoms with Gasteiger partial charge in [-0.3, -0.25) is 9.69 Å². The lowest BCUT2D eigenvalue weighted by molar-refractivity contribution is -0.118. The van der Waals surface area contributed by atoms with Gasteiger partial charge in [-0.15, -0.1) is 0 Å². The summed E-state index contributed by atoms with van der Waals surface area (Å²) in [7, 11) is 3.21. The minimum absolute atomic E-state index is 0.0652. The molecule has 0 saturated carbocycles. The van der Waals surface area contributed by atoms with E-state index < -0.39 is 0 Å². The second-order valence-corrected chi connectivity index (χ2v) is 7.34. The SMILES string of the molecule is COc1ccc(OC)c2sc(N(Cc3ccco3)C(=O)Cc3ccccc3)nc12. The molecule has 6 nitrogen and oxygen atoms in total. The number of furan rings is 1. The van der Waals surface area contributed by atoms with Gasteiger partial charge in [-0.1, -0.05) is 41.7 Å². The van der Waals surface area contributed by atoms with E-state index in [1.165, 1.54) is 11.3 Å². The third-order valence-electron chi connectivity index (χ3n) is 4.52. The summed E-state index contributed by atoms with van der Waals surface area (Å²) in [5.41, 5.74) is 1.61. The van der Waals surface area contributed by atoms with Crippen LogP contribution >= 0.6 is 11.3 Å². The number of hydrogen-bond acceptors (Lipinski definition) is 6. The Bertz CT molecular complexity index is 1070. The first-order chi connectivity index (χ1) is 14.2. The van der Waals surface area contributed by atoms with Crippen LogP contribution in [-0.2, 0) is 17.8 Å². The van der Waals surface area contributed by atoms with Crippen molar-refractivity contribution in [1.29, 1.82) is 0 Å². The summed E-state index contributed by atoms with van der Waals surface area (Å²) >= 11 is 1.39. The molecule has 29 heavy (non-hydrogen) atoms. The van der Waals surface area contributed by atoms with E-state index in [-0.39, 0.29) is 12.3 Å². The molecule has 0 bridgehead atoms. The molecule has 0 atom stereocenters. The first kappa shape index (κ1) is 19.0. The minimum atomic E-state index is -0.0652. The highest BCUT2D eigenvalue weighted by Gasteiger charge is 2.23. The fourth-order valence-electron chi connectivity index (χ4n) is 3.08. The summed E-state index contributed by atoms with van der Waals surface area (Å²) < 4.78 is 17.2. The van der Waals surface area contributed by atoms with Crippen LogP contribution in [0.2, 0.25) is 0 Å². The number of aromatic nitrogens is 1. The molecule has 0 unspecified atom stereocenters. The highest BCUT2D eigenvalue weighted by molar-refractivity contribution is 7.22. The summed E-state index contributed by atoms with van der Waals surface area (Å²) in [5.74, 6) is 1.95. The molecular formula is C22H20N2O4S. The van der Waals surface area contributed by atoms with E-state index >= 15 is 0 Å². The summed E-state index contributed by atoms with van der Waals surface area (Å²) in [4.78, 5) is 19.6. The molecule has 0 aliphatic heterocycles. The van der Waals surface area contributed by atoms with Crippen molar-refractivity contribution in [2.45, 2.75) is 13.0 Å². The number of thiazole rings is 1. The lowest BCUT2D eigenvalue weighted by atomic mass is 10.1. The number of hydrogen-bond donors (Lipinski definition) is 0. The summed E-state index contributed by atoms with van der Waals surface area (Å²) in [6.07, 6.45) is 1.87. The topological polar surface area (TPSA) is 64.8 Å². The molecule has 0 spiro atoms. The van der Waals surface area contributed by atoms with Crippen LogP contribution in [0.5, 0.6) is 11.5 Å². The van der Waals surface area contributed by atoms with E-state index in [0.717, 1.165) is 10.3 Å². The average molecular weight is 408 g/mol. The molecule has 148 valence electrons. The number of ether oxygens (including phenoxy) is 2. The normalized spacial score (nSPS) is 10.8. The van der Waals surface area contributed by atoms with Gasteiger partial charge in [0.25, 0.3) is 0 Å². The van der Waals surface area contributed by atoms with Gasteiger partial charge in [0.15, 0.2) is 5.13 Å². The van der Waals surface area contributed by atoms with Gasteiger partial charge >= 0.3 is 0 Å². The van der Waals surface area contributed by atoms with E-state index in [2.05, 4.69) is 0 Å². The van der Waals surface area contributed by atoms with Gasteiger partial charge in [0.05, 0.1) is 33.4 Å². The molecule has 0 aliphatic rings. The number of nitrogens with zero attached hydrogens (tertiary/aromatic N) is 2. The fraction of sp³-hybridized carbons (Fsp3) is 0.182. The molecule has 4 aromatic rings. The second kappa shape index (κ2) is 8.36. The molecule has 0 fully saturated rings. The molecule has 2 aromatic heterocycles. The van der Waals surface area contributed by atoms with E-state index in [1.54, 1.807) is 31.4 Å². The Kier molecular flexibility index (Phi) is 5.48. The van der Waals surface area contributed by atoms with Crippen LogP contribution in [0.1, 0.15) is 11.3 Å². The lowest BCUT2D eigenvalue weighted by Crippen LogP contribution is -2.31. The minimum Gasteiger partial charge on any atom is -0.495 e. The van der Waals surface area contributed by atoms with Gasteiger partial charge in [-0.2, -0.15) is 0 Å². The van der Waals surface area contributed by atoms with Gasteiger partial charge in [0, 0.05) is 0 Å². The molecule has 4 rings (SSSR count). The molecular weight excluding hydrogens is 388 g/mol. The highest BCUT2D eigenvalue weighted by Crippen LogP contribution is 2.40. The van der Waals surface area contributed by atoms with Gasteiger partial charge in [0.1, 0.15) is 27.5 Å². The highest BCUT2D eigenvalue weighted by atomic mass is 32.1. The third-order valence-corrected chi connectivity index (χ3v) is 5.62. The van der Waals surface area contributed by atoms with Gasteiger partial charge in [0.2, 0.25) is 5.91 Å². The van der Waals surface area contributed by atoms with Crippen molar-refractivity contribution < 1.29 is 18.7 Å². The molecule has 0 aliphatic carbocycles. The number of methoxy groups -OCH3 is 2. The Labute approximate surface area is 172 Å². The standard InChI is InChI=1S/C22H20N2O4S/c1-26-17-10-11-18(27-2)21-20(17)23-22(29-21)24(14-16-9-6-12-28-16)19(25)13-15-7-4-3-5-8-15/h3-12H,13-14H2,1-2H3. The predicted octanol–water partition coefficient (Wildman–Crippen LogP) is 4.68. The van der Waals surface area contributed by atoms with Crippen molar-refractivity contribution in [2.75, 3.05) is 19.1 Å². The maximum atomic E-state index is 13.2. The van der Waals surface area contributed by atoms with E-state index in [9.17, 15) is 4.79 Å². The Hall–Kier alpha value is -3.32. The maximum absolute atomic E-state index is 13.2. The van der Waals surface area contributed by atoms with Crippen molar-refractivity contribution in [3.63, 3.8) is 0 Å². The number of carbonyl (C=O) groups is 1. The van der Waals surface area contributed by atoms with Crippen molar-refractivity contribution in [2.24, 2.45) is 0 Å². The first-order valence-electron chi connectivity index (χ1n) is 9.07. The Morgan fingerprint density at radius 1 is 1.03 bits per heavy atom. The zero-order valence-corrected chi connectivity index (χ0v) is 16.9. The van der Waals surface area contributed by atoms with Crippen molar-refractivity contribution in [1.82, 2.24) is 4.98 Å². The fourth-order valence-corrected chi connectivity index (χ4v) is 4.17. The molecule has 7 heteroatoms. The number of carbonyl (C=O) groups excluding carboxylic acids is 1. The smallest absolute Gasteiger partial charge is 0.233 e. The summed E-state index contributed by atoms with van der Waals surface area (Å²) in [6, 6.07) is 17.0. The van der Waals surface area contributed by atoms with Crippen LogP contribution in [0.25, 0.3) is 10.2 Å². The molecule has 0 N–H and O–H groups in total. The van der Waals surface area contributed by atoms with Crippen LogP contribution in [0.4, 0.5) is 5.13 Å². The Morgan fingerprint density at radius 2 is 1.79 bits per heavy atom. The van der Waals surface area contributed by atoms with E-state index in [0.29, 0.717) is 34.5 Å². The molecule has 2 aromatic carbocycles. The summed E-state index contributed by atoms with van der Waals surface area (Å²) in [5, 5.41) is 0.570. The molecule has 2 heterocycles. The number of amides is 1. The molecule has 0 saturated heterocycles. The predicted molar refractivity (Wildman–Crippen MR) is 113 cm³/mol. The monoisotopic (exact) mass is 408 g/mol. The van der Waals surface area contributed by atoms with Crippen LogP contribution in [-0.4, -0.2) is 25.1 Å². The van der Waals surface area contributed by atoms with Crippen LogP contribution < -0.4 is 14.4 Å². The van der Waals surface area contributed by atoms with Gasteiger partial charge < -0.3 is 13.9 Å². The zero-order valence-electron chi connectivity index (χ0n) is 16.1. The van der Waals surface area contributed by atoms with Gasteiger partial charge in [-0.05, 0) is 29.8 Å². The number of rotatable bonds is 7. The largest absolute Gasteiger partial charge is 0.495 e. The van der Waals surface area contributed by atoms with Gasteiger partial charge in [-0.25, -0.2) is 4.98 Å². The molecule has 0 radical (unpaired) electrons. The van der Waals surface area contributed by atoms with Crippen molar-refractivity contribution in [3.8, 4) is 11.5 Å². The van der Waals surface area contributed by atoms with Crippen molar-refractivity contribution >= 4 is 32.6 Å². The molecule has 1 amide bonds. The second-order valence-electron chi connectivity index (χ2n) is 6.37. The summed E-state index contributed by atoms with van der Waals surface area (Å²) in [6.45, 7) is 0.295. The number of benzene rings is 2. The van der Waals surface area contributed by atoms with E-state index in [1.807, 2.05) is 48.5 Å². The number of anilines is 1. The average Bonchev–Trinajstić information content (AvgIpc) is 3.41. The third kappa shape index (κ3) is 3.95.